The van der Waals surface area contributed by atoms with Crippen LogP contribution in [0, 0.1) is 0 Å². The highest BCUT2D eigenvalue weighted by Gasteiger charge is 2.17. The molecule has 1 aliphatic rings. The van der Waals surface area contributed by atoms with Gasteiger partial charge in [0, 0.05) is 6.54 Å². The van der Waals surface area contributed by atoms with Crippen LogP contribution in [0.15, 0.2) is 22.5 Å². The SMILES string of the molecule is C[C@@H](Sc1nnc(N)s1)C(=O)NCc1ccc2c(c1)OCO2. The zero-order valence-electron chi connectivity index (χ0n) is 11.7. The smallest absolute Gasteiger partial charge is 0.233 e. The van der Waals surface area contributed by atoms with Crippen molar-refractivity contribution in [1.29, 1.82) is 0 Å². The van der Waals surface area contributed by atoms with Crippen LogP contribution in [0.2, 0.25) is 0 Å². The largest absolute Gasteiger partial charge is 0.454 e. The molecule has 0 bridgehead atoms. The lowest BCUT2D eigenvalue weighted by Crippen LogP contribution is -2.30. The summed E-state index contributed by atoms with van der Waals surface area (Å²) in [6, 6.07) is 5.61. The predicted octanol–water partition coefficient (Wildman–Crippen LogP) is 1.65. The molecule has 0 radical (unpaired) electrons. The maximum atomic E-state index is 12.1. The number of anilines is 1. The van der Waals surface area contributed by atoms with E-state index >= 15 is 0 Å². The molecule has 1 aliphatic heterocycles. The summed E-state index contributed by atoms with van der Waals surface area (Å²) in [6.45, 7) is 2.49. The highest BCUT2D eigenvalue weighted by molar-refractivity contribution is 8.02. The lowest BCUT2D eigenvalue weighted by Gasteiger charge is -2.10. The second-order valence-corrected chi connectivity index (χ2v) is 7.17. The standard InChI is InChI=1S/C13H14N4O3S2/c1-7(21-13-17-16-12(14)22-13)11(18)15-5-8-2-3-9-10(4-8)20-6-19-9/h2-4,7H,5-6H2,1H3,(H2,14,16)(H,15,18)/t7-/m1/s1. The van der Waals surface area contributed by atoms with Crippen LogP contribution in [0.1, 0.15) is 12.5 Å². The van der Waals surface area contributed by atoms with Crippen molar-refractivity contribution in [2.45, 2.75) is 23.1 Å². The maximum absolute atomic E-state index is 12.1. The van der Waals surface area contributed by atoms with Gasteiger partial charge in [-0.1, -0.05) is 29.2 Å². The predicted molar refractivity (Wildman–Crippen MR) is 84.1 cm³/mol. The second kappa shape index (κ2) is 6.41. The van der Waals surface area contributed by atoms with Gasteiger partial charge in [-0.3, -0.25) is 4.79 Å². The molecule has 1 atom stereocenters. The third kappa shape index (κ3) is 3.42. The molecular weight excluding hydrogens is 324 g/mol. The van der Waals surface area contributed by atoms with E-state index in [1.807, 2.05) is 25.1 Å². The highest BCUT2D eigenvalue weighted by atomic mass is 32.2. The van der Waals surface area contributed by atoms with Crippen LogP contribution in [0.5, 0.6) is 11.5 Å². The van der Waals surface area contributed by atoms with Gasteiger partial charge in [-0.05, 0) is 24.6 Å². The Balaban J connectivity index is 1.53. The lowest BCUT2D eigenvalue weighted by atomic mass is 10.2. The summed E-state index contributed by atoms with van der Waals surface area (Å²) in [7, 11) is 0. The molecular formula is C13H14N4O3S2. The molecule has 1 aromatic carbocycles. The minimum absolute atomic E-state index is 0.0727. The van der Waals surface area contributed by atoms with Crippen molar-refractivity contribution in [2.75, 3.05) is 12.5 Å². The number of ether oxygens (including phenoxy) is 2. The van der Waals surface area contributed by atoms with Crippen LogP contribution in [0.3, 0.4) is 0 Å². The number of nitrogen functional groups attached to an aromatic ring is 1. The minimum atomic E-state index is -0.277. The van der Waals surface area contributed by atoms with E-state index in [9.17, 15) is 4.79 Å². The third-order valence-electron chi connectivity index (χ3n) is 2.97. The fourth-order valence-electron chi connectivity index (χ4n) is 1.86. The number of rotatable bonds is 5. The van der Waals surface area contributed by atoms with E-state index < -0.39 is 0 Å². The Morgan fingerprint density at radius 3 is 3.05 bits per heavy atom. The first-order valence-electron chi connectivity index (χ1n) is 6.53. The summed E-state index contributed by atoms with van der Waals surface area (Å²) in [5.74, 6) is 1.36. The molecule has 1 aromatic heterocycles. The van der Waals surface area contributed by atoms with E-state index in [-0.39, 0.29) is 18.0 Å². The Labute approximate surface area is 135 Å². The number of benzene rings is 1. The van der Waals surface area contributed by atoms with Crippen molar-refractivity contribution in [3.63, 3.8) is 0 Å². The molecule has 1 amide bonds. The zero-order chi connectivity index (χ0) is 15.5. The lowest BCUT2D eigenvalue weighted by molar-refractivity contribution is -0.120. The molecule has 0 unspecified atom stereocenters. The van der Waals surface area contributed by atoms with E-state index in [2.05, 4.69) is 15.5 Å². The van der Waals surface area contributed by atoms with E-state index in [0.717, 1.165) is 11.3 Å². The molecule has 0 saturated carbocycles. The molecule has 3 rings (SSSR count). The number of carbonyl (C=O) groups is 1. The molecule has 9 heteroatoms. The van der Waals surface area contributed by atoms with Crippen molar-refractivity contribution in [3.8, 4) is 11.5 Å². The number of aromatic nitrogens is 2. The topological polar surface area (TPSA) is 99.4 Å². The first-order valence-corrected chi connectivity index (χ1v) is 8.23. The quantitative estimate of drug-likeness (QED) is 0.800. The number of carbonyl (C=O) groups excluding carboxylic acids is 1. The van der Waals surface area contributed by atoms with Crippen LogP contribution in [0.25, 0.3) is 0 Å². The summed E-state index contributed by atoms with van der Waals surface area (Å²) in [4.78, 5) is 12.1. The molecule has 0 aliphatic carbocycles. The first-order chi connectivity index (χ1) is 10.6. The van der Waals surface area contributed by atoms with Crippen molar-refractivity contribution in [1.82, 2.24) is 15.5 Å². The van der Waals surface area contributed by atoms with Gasteiger partial charge in [0.05, 0.1) is 5.25 Å². The van der Waals surface area contributed by atoms with Gasteiger partial charge in [0.1, 0.15) is 0 Å². The van der Waals surface area contributed by atoms with Crippen LogP contribution >= 0.6 is 23.1 Å². The number of hydrogen-bond acceptors (Lipinski definition) is 8. The van der Waals surface area contributed by atoms with E-state index in [0.29, 0.717) is 21.8 Å². The number of nitrogens with one attached hydrogen (secondary N) is 1. The number of amides is 1. The van der Waals surface area contributed by atoms with Crippen LogP contribution < -0.4 is 20.5 Å². The van der Waals surface area contributed by atoms with Gasteiger partial charge >= 0.3 is 0 Å². The molecule has 22 heavy (non-hydrogen) atoms. The number of nitrogens with two attached hydrogens (primary N) is 1. The van der Waals surface area contributed by atoms with Gasteiger partial charge in [-0.2, -0.15) is 0 Å². The third-order valence-corrected chi connectivity index (χ3v) is 4.91. The average Bonchev–Trinajstić information content (AvgIpc) is 3.12. The van der Waals surface area contributed by atoms with Gasteiger partial charge in [0.15, 0.2) is 15.8 Å². The molecule has 0 spiro atoms. The molecule has 7 nitrogen and oxygen atoms in total. The molecule has 3 N–H and O–H groups in total. The Morgan fingerprint density at radius 1 is 1.45 bits per heavy atom. The highest BCUT2D eigenvalue weighted by Crippen LogP contribution is 2.32. The van der Waals surface area contributed by atoms with E-state index in [4.69, 9.17) is 15.2 Å². The Kier molecular flexibility index (Phi) is 4.34. The summed E-state index contributed by atoms with van der Waals surface area (Å²) < 4.78 is 11.2. The monoisotopic (exact) mass is 338 g/mol. The normalized spacial score (nSPS) is 13.9. The second-order valence-electron chi connectivity index (χ2n) is 4.57. The Hall–Kier alpha value is -2.00. The van der Waals surface area contributed by atoms with Crippen molar-refractivity contribution >= 4 is 34.1 Å². The van der Waals surface area contributed by atoms with Crippen LogP contribution in [0.4, 0.5) is 5.13 Å². The van der Waals surface area contributed by atoms with Gasteiger partial charge in [-0.25, -0.2) is 0 Å². The minimum Gasteiger partial charge on any atom is -0.454 e. The van der Waals surface area contributed by atoms with Gasteiger partial charge < -0.3 is 20.5 Å². The summed E-state index contributed by atoms with van der Waals surface area (Å²) in [6.07, 6.45) is 0. The number of fused-ring (bicyclic) bond motifs is 1. The summed E-state index contributed by atoms with van der Waals surface area (Å²) in [5, 5.41) is 10.6. The van der Waals surface area contributed by atoms with E-state index in [1.165, 1.54) is 23.1 Å². The fraction of sp³-hybridized carbons (Fsp3) is 0.308. The van der Waals surface area contributed by atoms with E-state index in [1.54, 1.807) is 0 Å². The summed E-state index contributed by atoms with van der Waals surface area (Å²) >= 11 is 2.61. The zero-order valence-corrected chi connectivity index (χ0v) is 13.4. The fourth-order valence-corrected chi connectivity index (χ4v) is 3.66. The van der Waals surface area contributed by atoms with Crippen LogP contribution in [-0.2, 0) is 11.3 Å². The number of hydrogen-bond donors (Lipinski definition) is 2. The molecule has 2 aromatic rings. The number of thioether (sulfide) groups is 1. The van der Waals surface area contributed by atoms with Gasteiger partial charge in [0.25, 0.3) is 0 Å². The molecule has 2 heterocycles. The van der Waals surface area contributed by atoms with Gasteiger partial charge in [0.2, 0.25) is 17.8 Å². The maximum Gasteiger partial charge on any atom is 0.233 e. The molecule has 116 valence electrons. The molecule has 0 fully saturated rings. The van der Waals surface area contributed by atoms with Crippen molar-refractivity contribution < 1.29 is 14.3 Å². The first kappa shape index (κ1) is 14.9. The Morgan fingerprint density at radius 2 is 2.27 bits per heavy atom. The Bertz CT molecular complexity index is 692. The van der Waals surface area contributed by atoms with Crippen molar-refractivity contribution in [3.05, 3.63) is 23.8 Å². The number of nitrogens with zero attached hydrogens (tertiary/aromatic N) is 2. The van der Waals surface area contributed by atoms with Gasteiger partial charge in [-0.15, -0.1) is 10.2 Å². The van der Waals surface area contributed by atoms with Crippen LogP contribution in [-0.4, -0.2) is 28.1 Å². The molecule has 0 saturated heterocycles. The van der Waals surface area contributed by atoms with Crippen molar-refractivity contribution in [2.24, 2.45) is 0 Å². The average molecular weight is 338 g/mol. The summed E-state index contributed by atoms with van der Waals surface area (Å²) in [5.41, 5.74) is 6.47.